The third kappa shape index (κ3) is 2.80. The van der Waals surface area contributed by atoms with Crippen molar-refractivity contribution in [2.75, 3.05) is 39.1 Å². The van der Waals surface area contributed by atoms with Crippen molar-refractivity contribution in [3.8, 4) is 5.75 Å². The lowest BCUT2D eigenvalue weighted by atomic mass is 10.2. The van der Waals surface area contributed by atoms with Gasteiger partial charge in [0.25, 0.3) is 0 Å². The maximum Gasteiger partial charge on any atom is 0.243 e. The van der Waals surface area contributed by atoms with Crippen LogP contribution in [-0.2, 0) is 4.79 Å². The normalized spacial score (nSPS) is 20.4. The van der Waals surface area contributed by atoms with Crippen LogP contribution in [0, 0.1) is 0 Å². The molecule has 1 amide bonds. The van der Waals surface area contributed by atoms with Crippen LogP contribution in [0.1, 0.15) is 0 Å². The Morgan fingerprint density at radius 2 is 2.28 bits per heavy atom. The number of benzene rings is 1. The summed E-state index contributed by atoms with van der Waals surface area (Å²) >= 11 is 0. The largest absolute Gasteiger partial charge is 0.495 e. The minimum Gasteiger partial charge on any atom is -0.495 e. The average Bonchev–Trinajstić information content (AvgIpc) is 2.39. The number of hydrogen-bond donors (Lipinski definition) is 2. The van der Waals surface area contributed by atoms with E-state index >= 15 is 0 Å². The number of methoxy groups -OCH3 is 1. The molecule has 2 rings (SSSR count). The summed E-state index contributed by atoms with van der Waals surface area (Å²) in [5.74, 6) is 0.673. The van der Waals surface area contributed by atoms with E-state index in [0.29, 0.717) is 18.0 Å². The zero-order chi connectivity index (χ0) is 13.0. The Bertz CT molecular complexity index is 422. The van der Waals surface area contributed by atoms with Crippen LogP contribution in [0.3, 0.4) is 0 Å². The van der Waals surface area contributed by atoms with Crippen LogP contribution in [0.15, 0.2) is 24.3 Å². The van der Waals surface area contributed by atoms with E-state index in [2.05, 4.69) is 15.5 Å². The summed E-state index contributed by atoms with van der Waals surface area (Å²) in [5, 5.41) is 6.14. The molecule has 1 aromatic rings. The average molecular weight is 249 g/mol. The van der Waals surface area contributed by atoms with Crippen LogP contribution in [0.5, 0.6) is 5.75 Å². The number of nitrogens with zero attached hydrogens (tertiary/aromatic N) is 1. The Labute approximate surface area is 107 Å². The smallest absolute Gasteiger partial charge is 0.243 e. The molecule has 5 nitrogen and oxygen atoms in total. The van der Waals surface area contributed by atoms with E-state index in [4.69, 9.17) is 4.74 Å². The van der Waals surface area contributed by atoms with Gasteiger partial charge in [0.2, 0.25) is 5.91 Å². The molecule has 2 N–H and O–H groups in total. The number of hydrogen-bond acceptors (Lipinski definition) is 4. The molecule has 1 aliphatic heterocycles. The number of piperazine rings is 1. The van der Waals surface area contributed by atoms with Crippen LogP contribution < -0.4 is 15.4 Å². The summed E-state index contributed by atoms with van der Waals surface area (Å²) in [4.78, 5) is 14.3. The van der Waals surface area contributed by atoms with Gasteiger partial charge in [-0.25, -0.2) is 0 Å². The number of nitrogens with one attached hydrogen (secondary N) is 2. The number of para-hydroxylation sites is 2. The first-order valence-corrected chi connectivity index (χ1v) is 6.07. The fourth-order valence-electron chi connectivity index (χ4n) is 2.06. The Hall–Kier alpha value is -1.59. The van der Waals surface area contributed by atoms with E-state index in [0.717, 1.165) is 13.1 Å². The van der Waals surface area contributed by atoms with Gasteiger partial charge in [-0.15, -0.1) is 0 Å². The molecule has 0 aliphatic carbocycles. The first-order chi connectivity index (χ1) is 8.72. The van der Waals surface area contributed by atoms with Crippen molar-refractivity contribution in [3.05, 3.63) is 24.3 Å². The molecule has 1 atom stereocenters. The van der Waals surface area contributed by atoms with Crippen molar-refractivity contribution in [2.24, 2.45) is 0 Å². The molecule has 1 heterocycles. The summed E-state index contributed by atoms with van der Waals surface area (Å²) in [6.45, 7) is 2.48. The third-order valence-corrected chi connectivity index (χ3v) is 3.18. The molecule has 18 heavy (non-hydrogen) atoms. The van der Waals surface area contributed by atoms with Gasteiger partial charge in [0.15, 0.2) is 0 Å². The first kappa shape index (κ1) is 12.9. The van der Waals surface area contributed by atoms with Crippen molar-refractivity contribution >= 4 is 11.6 Å². The molecule has 0 bridgehead atoms. The van der Waals surface area contributed by atoms with Gasteiger partial charge >= 0.3 is 0 Å². The Morgan fingerprint density at radius 3 is 3.00 bits per heavy atom. The van der Waals surface area contributed by atoms with Crippen molar-refractivity contribution in [2.45, 2.75) is 6.04 Å². The Balaban J connectivity index is 2.06. The van der Waals surface area contributed by atoms with Crippen LogP contribution in [0.25, 0.3) is 0 Å². The van der Waals surface area contributed by atoms with Crippen LogP contribution >= 0.6 is 0 Å². The summed E-state index contributed by atoms with van der Waals surface area (Å²) in [6.07, 6.45) is 0. The number of amides is 1. The third-order valence-electron chi connectivity index (χ3n) is 3.18. The minimum atomic E-state index is -0.135. The predicted octanol–water partition coefficient (Wildman–Crippen LogP) is 0.537. The van der Waals surface area contributed by atoms with Gasteiger partial charge in [0.05, 0.1) is 12.8 Å². The second-order valence-corrected chi connectivity index (χ2v) is 4.39. The lowest BCUT2D eigenvalue weighted by molar-refractivity contribution is -0.121. The lowest BCUT2D eigenvalue weighted by Gasteiger charge is -2.31. The van der Waals surface area contributed by atoms with E-state index < -0.39 is 0 Å². The van der Waals surface area contributed by atoms with E-state index in [-0.39, 0.29) is 11.9 Å². The number of anilines is 1. The van der Waals surface area contributed by atoms with E-state index in [1.807, 2.05) is 31.3 Å². The lowest BCUT2D eigenvalue weighted by Crippen LogP contribution is -2.54. The fraction of sp³-hybridized carbons (Fsp3) is 0.462. The molecule has 1 fully saturated rings. The summed E-state index contributed by atoms with van der Waals surface area (Å²) in [5.41, 5.74) is 0.712. The van der Waals surface area contributed by atoms with Crippen LogP contribution in [0.4, 0.5) is 5.69 Å². The van der Waals surface area contributed by atoms with Gasteiger partial charge in [0.1, 0.15) is 11.8 Å². The molecule has 0 radical (unpaired) electrons. The zero-order valence-corrected chi connectivity index (χ0v) is 10.8. The SMILES string of the molecule is COc1ccccc1NC(=O)C1CNCCN1C. The summed E-state index contributed by atoms with van der Waals surface area (Å²) in [6, 6.07) is 7.29. The number of carbonyl (C=O) groups excluding carboxylic acids is 1. The molecular weight excluding hydrogens is 230 g/mol. The second-order valence-electron chi connectivity index (χ2n) is 4.39. The monoisotopic (exact) mass is 249 g/mol. The second kappa shape index (κ2) is 5.84. The number of ether oxygens (including phenoxy) is 1. The molecule has 1 aromatic carbocycles. The number of carbonyl (C=O) groups is 1. The number of likely N-dealkylation sites (N-methyl/N-ethyl adjacent to an activating group) is 1. The van der Waals surface area contributed by atoms with Gasteiger partial charge in [0, 0.05) is 19.6 Å². The Kier molecular flexibility index (Phi) is 4.17. The van der Waals surface area contributed by atoms with Crippen LogP contribution in [-0.4, -0.2) is 50.6 Å². The first-order valence-electron chi connectivity index (χ1n) is 6.07. The van der Waals surface area contributed by atoms with Gasteiger partial charge < -0.3 is 15.4 Å². The summed E-state index contributed by atoms with van der Waals surface area (Å²) < 4.78 is 5.22. The molecule has 1 saturated heterocycles. The van der Waals surface area contributed by atoms with Gasteiger partial charge in [-0.3, -0.25) is 9.69 Å². The standard InChI is InChI=1S/C13H19N3O2/c1-16-8-7-14-9-11(16)13(17)15-10-5-3-4-6-12(10)18-2/h3-6,11,14H,7-9H2,1-2H3,(H,15,17). The molecule has 1 aliphatic rings. The fourth-order valence-corrected chi connectivity index (χ4v) is 2.06. The van der Waals surface area contributed by atoms with E-state index in [1.54, 1.807) is 7.11 Å². The van der Waals surface area contributed by atoms with Gasteiger partial charge in [-0.1, -0.05) is 12.1 Å². The van der Waals surface area contributed by atoms with E-state index in [9.17, 15) is 4.79 Å². The van der Waals surface area contributed by atoms with Gasteiger partial charge in [-0.2, -0.15) is 0 Å². The van der Waals surface area contributed by atoms with Crippen molar-refractivity contribution in [1.29, 1.82) is 0 Å². The molecule has 0 spiro atoms. The van der Waals surface area contributed by atoms with Crippen molar-refractivity contribution in [1.82, 2.24) is 10.2 Å². The molecular formula is C13H19N3O2. The molecule has 5 heteroatoms. The maximum absolute atomic E-state index is 12.2. The predicted molar refractivity (Wildman–Crippen MR) is 70.9 cm³/mol. The zero-order valence-electron chi connectivity index (χ0n) is 10.8. The van der Waals surface area contributed by atoms with Crippen molar-refractivity contribution < 1.29 is 9.53 Å². The molecule has 0 saturated carbocycles. The molecule has 0 aromatic heterocycles. The highest BCUT2D eigenvalue weighted by Crippen LogP contribution is 2.23. The summed E-state index contributed by atoms with van der Waals surface area (Å²) in [7, 11) is 3.56. The van der Waals surface area contributed by atoms with E-state index in [1.165, 1.54) is 0 Å². The highest BCUT2D eigenvalue weighted by atomic mass is 16.5. The van der Waals surface area contributed by atoms with Crippen LogP contribution in [0.2, 0.25) is 0 Å². The highest BCUT2D eigenvalue weighted by Gasteiger charge is 2.26. The number of rotatable bonds is 3. The quantitative estimate of drug-likeness (QED) is 0.821. The minimum absolute atomic E-state index is 0.00537. The Morgan fingerprint density at radius 1 is 1.50 bits per heavy atom. The van der Waals surface area contributed by atoms with Gasteiger partial charge in [-0.05, 0) is 19.2 Å². The maximum atomic E-state index is 12.2. The highest BCUT2D eigenvalue weighted by molar-refractivity contribution is 5.96. The topological polar surface area (TPSA) is 53.6 Å². The molecule has 98 valence electrons. The molecule has 1 unspecified atom stereocenters. The van der Waals surface area contributed by atoms with Crippen molar-refractivity contribution in [3.63, 3.8) is 0 Å².